The standard InChI is InChI=1S/C8H8ClNO2.C6H4ClNO2/c1-2-12-8(11)7-5-6(9)3-4-10-7;7-4-1-2-8-5(3-4)6(9)10/h3-5H,2H2,1H3;1-3H,(H,9,10). The van der Waals surface area contributed by atoms with Gasteiger partial charge in [0.1, 0.15) is 11.4 Å². The van der Waals surface area contributed by atoms with E-state index in [0.717, 1.165) is 0 Å². The summed E-state index contributed by atoms with van der Waals surface area (Å²) in [7, 11) is 0. The fourth-order valence-electron chi connectivity index (χ4n) is 1.24. The molecule has 0 aliphatic carbocycles. The summed E-state index contributed by atoms with van der Waals surface area (Å²) >= 11 is 11.1. The molecule has 0 saturated heterocycles. The van der Waals surface area contributed by atoms with Crippen molar-refractivity contribution in [2.24, 2.45) is 0 Å². The van der Waals surface area contributed by atoms with E-state index in [1.165, 1.54) is 30.6 Å². The zero-order valence-corrected chi connectivity index (χ0v) is 13.0. The van der Waals surface area contributed by atoms with Crippen molar-refractivity contribution in [3.05, 3.63) is 58.1 Å². The van der Waals surface area contributed by atoms with Crippen molar-refractivity contribution in [3.63, 3.8) is 0 Å². The second-order valence-electron chi connectivity index (χ2n) is 3.74. The van der Waals surface area contributed by atoms with E-state index in [1.54, 1.807) is 13.0 Å². The van der Waals surface area contributed by atoms with E-state index in [2.05, 4.69) is 9.97 Å². The van der Waals surface area contributed by atoms with Crippen molar-refractivity contribution in [1.29, 1.82) is 0 Å². The lowest BCUT2D eigenvalue weighted by atomic mass is 10.3. The smallest absolute Gasteiger partial charge is 0.356 e. The van der Waals surface area contributed by atoms with Crippen LogP contribution in [0.5, 0.6) is 0 Å². The fourth-order valence-corrected chi connectivity index (χ4v) is 1.56. The highest BCUT2D eigenvalue weighted by atomic mass is 35.5. The number of halogens is 2. The lowest BCUT2D eigenvalue weighted by molar-refractivity contribution is 0.0519. The minimum Gasteiger partial charge on any atom is -0.477 e. The van der Waals surface area contributed by atoms with Gasteiger partial charge in [-0.05, 0) is 31.2 Å². The quantitative estimate of drug-likeness (QED) is 0.860. The summed E-state index contributed by atoms with van der Waals surface area (Å²) in [5, 5.41) is 9.25. The van der Waals surface area contributed by atoms with Gasteiger partial charge in [-0.15, -0.1) is 0 Å². The van der Waals surface area contributed by atoms with E-state index in [1.807, 2.05) is 0 Å². The van der Waals surface area contributed by atoms with E-state index in [4.69, 9.17) is 33.0 Å². The molecule has 8 heteroatoms. The number of nitrogens with zero attached hydrogens (tertiary/aromatic N) is 2. The molecular formula is C14H12Cl2N2O4. The Morgan fingerprint density at radius 1 is 1.09 bits per heavy atom. The summed E-state index contributed by atoms with van der Waals surface area (Å²) in [5.41, 5.74) is 0.205. The first-order chi connectivity index (χ1) is 10.4. The summed E-state index contributed by atoms with van der Waals surface area (Å²) in [6.45, 7) is 2.08. The topological polar surface area (TPSA) is 89.4 Å². The molecule has 2 aromatic rings. The number of rotatable bonds is 3. The molecule has 2 aromatic heterocycles. The lowest BCUT2D eigenvalue weighted by Gasteiger charge is -1.99. The molecule has 0 bridgehead atoms. The third-order valence-electron chi connectivity index (χ3n) is 2.15. The molecule has 0 fully saturated rings. The van der Waals surface area contributed by atoms with Gasteiger partial charge >= 0.3 is 11.9 Å². The van der Waals surface area contributed by atoms with Crippen LogP contribution in [0.2, 0.25) is 10.0 Å². The first kappa shape index (κ1) is 17.9. The Morgan fingerprint density at radius 2 is 1.59 bits per heavy atom. The largest absolute Gasteiger partial charge is 0.477 e. The van der Waals surface area contributed by atoms with E-state index >= 15 is 0 Å². The minimum atomic E-state index is -1.07. The Bertz CT molecular complexity index is 665. The van der Waals surface area contributed by atoms with Crippen molar-refractivity contribution in [3.8, 4) is 0 Å². The monoisotopic (exact) mass is 342 g/mol. The van der Waals surface area contributed by atoms with Gasteiger partial charge in [0.25, 0.3) is 0 Å². The highest BCUT2D eigenvalue weighted by Gasteiger charge is 2.07. The van der Waals surface area contributed by atoms with Gasteiger partial charge in [-0.1, -0.05) is 23.2 Å². The van der Waals surface area contributed by atoms with Crippen molar-refractivity contribution >= 4 is 35.1 Å². The number of esters is 1. The number of ether oxygens (including phenoxy) is 1. The second kappa shape index (κ2) is 8.96. The van der Waals surface area contributed by atoms with Crippen molar-refractivity contribution in [2.75, 3.05) is 6.61 Å². The number of carbonyl (C=O) groups is 2. The highest BCUT2D eigenvalue weighted by Crippen LogP contribution is 2.08. The molecule has 0 saturated carbocycles. The number of carbonyl (C=O) groups excluding carboxylic acids is 1. The highest BCUT2D eigenvalue weighted by molar-refractivity contribution is 6.31. The summed E-state index contributed by atoms with van der Waals surface area (Å²) in [4.78, 5) is 28.6. The number of hydrogen-bond donors (Lipinski definition) is 1. The predicted octanol–water partition coefficient (Wildman–Crippen LogP) is 3.34. The average Bonchev–Trinajstić information content (AvgIpc) is 2.48. The third kappa shape index (κ3) is 6.07. The predicted molar refractivity (Wildman–Crippen MR) is 81.4 cm³/mol. The molecule has 116 valence electrons. The molecular weight excluding hydrogens is 331 g/mol. The van der Waals surface area contributed by atoms with Crippen LogP contribution in [0.25, 0.3) is 0 Å². The van der Waals surface area contributed by atoms with Crippen LogP contribution < -0.4 is 0 Å². The Labute approximate surface area is 136 Å². The van der Waals surface area contributed by atoms with E-state index in [0.29, 0.717) is 16.7 Å². The number of hydrogen-bond acceptors (Lipinski definition) is 5. The molecule has 0 unspecified atom stereocenters. The fraction of sp³-hybridized carbons (Fsp3) is 0.143. The van der Waals surface area contributed by atoms with Gasteiger partial charge in [0.15, 0.2) is 0 Å². The maximum atomic E-state index is 11.1. The summed E-state index contributed by atoms with van der Waals surface area (Å²) in [6.07, 6.45) is 2.82. The van der Waals surface area contributed by atoms with Crippen LogP contribution in [-0.4, -0.2) is 33.6 Å². The first-order valence-corrected chi connectivity index (χ1v) is 6.83. The Kier molecular flexibility index (Phi) is 7.28. The van der Waals surface area contributed by atoms with Crippen LogP contribution in [-0.2, 0) is 4.74 Å². The maximum Gasteiger partial charge on any atom is 0.356 e. The molecule has 6 nitrogen and oxygen atoms in total. The van der Waals surface area contributed by atoms with Gasteiger partial charge in [0.05, 0.1) is 6.61 Å². The first-order valence-electron chi connectivity index (χ1n) is 6.07. The van der Waals surface area contributed by atoms with Crippen LogP contribution >= 0.6 is 23.2 Å². The van der Waals surface area contributed by atoms with Gasteiger partial charge in [-0.2, -0.15) is 0 Å². The summed E-state index contributed by atoms with van der Waals surface area (Å²) in [6, 6.07) is 5.89. The average molecular weight is 343 g/mol. The Morgan fingerprint density at radius 3 is 2.00 bits per heavy atom. The Balaban J connectivity index is 0.000000224. The van der Waals surface area contributed by atoms with Crippen LogP contribution in [0.1, 0.15) is 27.9 Å². The molecule has 22 heavy (non-hydrogen) atoms. The zero-order chi connectivity index (χ0) is 16.5. The molecule has 0 amide bonds. The van der Waals surface area contributed by atoms with Crippen LogP contribution in [0, 0.1) is 0 Å². The van der Waals surface area contributed by atoms with Crippen LogP contribution in [0.3, 0.4) is 0 Å². The molecule has 0 radical (unpaired) electrons. The third-order valence-corrected chi connectivity index (χ3v) is 2.62. The number of pyridine rings is 2. The molecule has 0 spiro atoms. The van der Waals surface area contributed by atoms with E-state index < -0.39 is 11.9 Å². The molecule has 2 heterocycles. The van der Waals surface area contributed by atoms with Crippen LogP contribution in [0.4, 0.5) is 0 Å². The van der Waals surface area contributed by atoms with Gasteiger partial charge < -0.3 is 9.84 Å². The van der Waals surface area contributed by atoms with Gasteiger partial charge in [0.2, 0.25) is 0 Å². The normalized spacial score (nSPS) is 9.41. The number of carboxylic acids is 1. The summed E-state index contributed by atoms with van der Waals surface area (Å²) in [5.74, 6) is -1.51. The molecule has 2 rings (SSSR count). The van der Waals surface area contributed by atoms with E-state index in [-0.39, 0.29) is 11.4 Å². The van der Waals surface area contributed by atoms with Gasteiger partial charge in [0, 0.05) is 22.4 Å². The maximum absolute atomic E-state index is 11.1. The van der Waals surface area contributed by atoms with Gasteiger partial charge in [-0.25, -0.2) is 19.6 Å². The number of carboxylic acid groups (broad SMARTS) is 1. The van der Waals surface area contributed by atoms with Crippen molar-refractivity contribution in [1.82, 2.24) is 9.97 Å². The second-order valence-corrected chi connectivity index (χ2v) is 4.62. The molecule has 0 aliphatic heterocycles. The van der Waals surface area contributed by atoms with Crippen LogP contribution in [0.15, 0.2) is 36.7 Å². The van der Waals surface area contributed by atoms with Crippen molar-refractivity contribution < 1.29 is 19.4 Å². The van der Waals surface area contributed by atoms with Gasteiger partial charge in [-0.3, -0.25) is 0 Å². The number of aromatic carboxylic acids is 1. The SMILES string of the molecule is CCOC(=O)c1cc(Cl)ccn1.O=C(O)c1cc(Cl)ccn1. The number of aromatic nitrogens is 2. The molecule has 0 atom stereocenters. The molecule has 1 N–H and O–H groups in total. The molecule has 0 aromatic carbocycles. The van der Waals surface area contributed by atoms with E-state index in [9.17, 15) is 9.59 Å². The minimum absolute atomic E-state index is 0.0347. The zero-order valence-electron chi connectivity index (χ0n) is 11.5. The molecule has 0 aliphatic rings. The lowest BCUT2D eigenvalue weighted by Crippen LogP contribution is -2.06. The summed E-state index contributed by atoms with van der Waals surface area (Å²) < 4.78 is 4.72. The van der Waals surface area contributed by atoms with Crippen molar-refractivity contribution in [2.45, 2.75) is 6.92 Å². The Hall–Kier alpha value is -2.18.